The van der Waals surface area contributed by atoms with Crippen molar-refractivity contribution in [2.75, 3.05) is 11.5 Å². The van der Waals surface area contributed by atoms with Crippen molar-refractivity contribution < 1.29 is 0 Å². The normalized spacial score (nSPS) is 17.0. The summed E-state index contributed by atoms with van der Waals surface area (Å²) in [5.41, 5.74) is 0.153. The molecule has 0 amide bonds. The topological polar surface area (TPSA) is 54.9 Å². The van der Waals surface area contributed by atoms with Gasteiger partial charge in [0.15, 0.2) is 0 Å². The van der Waals surface area contributed by atoms with Crippen LogP contribution in [0.25, 0.3) is 0 Å². The molecule has 2 rings (SSSR count). The number of hydrogen-bond acceptors (Lipinski definition) is 3. The first-order valence-corrected chi connectivity index (χ1v) is 5.24. The molecule has 1 saturated heterocycles. The number of aromatic amines is 1. The summed E-state index contributed by atoms with van der Waals surface area (Å²) >= 11 is 1.81. The van der Waals surface area contributed by atoms with E-state index in [-0.39, 0.29) is 17.3 Å². The van der Waals surface area contributed by atoms with E-state index in [1.807, 2.05) is 11.8 Å². The SMILES string of the molecule is Cc1cc(=O)[nH]c(=O)n1C1CSC1. The minimum Gasteiger partial charge on any atom is -0.293 e. The Balaban J connectivity index is 2.55. The Labute approximate surface area is 79.0 Å². The highest BCUT2D eigenvalue weighted by Crippen LogP contribution is 2.28. The van der Waals surface area contributed by atoms with Crippen LogP contribution in [0.4, 0.5) is 0 Å². The van der Waals surface area contributed by atoms with E-state index in [2.05, 4.69) is 4.98 Å². The third-order valence-electron chi connectivity index (χ3n) is 2.15. The summed E-state index contributed by atoms with van der Waals surface area (Å²) in [7, 11) is 0. The second-order valence-corrected chi connectivity index (χ2v) is 4.22. The molecule has 0 bridgehead atoms. The Morgan fingerprint density at radius 2 is 2.23 bits per heavy atom. The number of thioether (sulfide) groups is 1. The highest BCUT2D eigenvalue weighted by Gasteiger charge is 2.22. The molecule has 1 fully saturated rings. The molecule has 1 N–H and O–H groups in total. The van der Waals surface area contributed by atoms with Gasteiger partial charge >= 0.3 is 5.69 Å². The lowest BCUT2D eigenvalue weighted by molar-refractivity contribution is 0.540. The average molecular weight is 198 g/mol. The molecule has 2 heterocycles. The van der Waals surface area contributed by atoms with E-state index < -0.39 is 0 Å². The van der Waals surface area contributed by atoms with Crippen LogP contribution in [-0.4, -0.2) is 21.1 Å². The fourth-order valence-electron chi connectivity index (χ4n) is 1.45. The van der Waals surface area contributed by atoms with E-state index in [4.69, 9.17) is 0 Å². The van der Waals surface area contributed by atoms with Crippen LogP contribution in [-0.2, 0) is 0 Å². The van der Waals surface area contributed by atoms with Gasteiger partial charge in [-0.3, -0.25) is 14.3 Å². The van der Waals surface area contributed by atoms with E-state index in [0.29, 0.717) is 0 Å². The zero-order valence-electron chi connectivity index (χ0n) is 7.24. The Morgan fingerprint density at radius 1 is 1.54 bits per heavy atom. The van der Waals surface area contributed by atoms with Crippen LogP contribution in [0, 0.1) is 6.92 Å². The predicted molar refractivity (Wildman–Crippen MR) is 52.4 cm³/mol. The van der Waals surface area contributed by atoms with Crippen molar-refractivity contribution in [1.82, 2.24) is 9.55 Å². The highest BCUT2D eigenvalue weighted by atomic mass is 32.2. The van der Waals surface area contributed by atoms with Crippen molar-refractivity contribution in [3.63, 3.8) is 0 Å². The van der Waals surface area contributed by atoms with Crippen molar-refractivity contribution in [2.45, 2.75) is 13.0 Å². The molecule has 0 atom stereocenters. The molecular weight excluding hydrogens is 188 g/mol. The molecule has 0 aliphatic carbocycles. The van der Waals surface area contributed by atoms with E-state index in [1.165, 1.54) is 6.07 Å². The molecule has 0 spiro atoms. The van der Waals surface area contributed by atoms with Crippen LogP contribution in [0.3, 0.4) is 0 Å². The van der Waals surface area contributed by atoms with Crippen molar-refractivity contribution >= 4 is 11.8 Å². The first kappa shape index (κ1) is 8.62. The van der Waals surface area contributed by atoms with Crippen molar-refractivity contribution in [1.29, 1.82) is 0 Å². The summed E-state index contributed by atoms with van der Waals surface area (Å²) in [4.78, 5) is 24.6. The summed E-state index contributed by atoms with van der Waals surface area (Å²) in [5, 5.41) is 0. The van der Waals surface area contributed by atoms with E-state index in [1.54, 1.807) is 11.5 Å². The predicted octanol–water partition coefficient (Wildman–Crippen LogP) is 0.133. The third-order valence-corrected chi connectivity index (χ3v) is 3.40. The lowest BCUT2D eigenvalue weighted by Crippen LogP contribution is -2.38. The zero-order valence-corrected chi connectivity index (χ0v) is 8.06. The van der Waals surface area contributed by atoms with Crippen LogP contribution in [0.15, 0.2) is 15.7 Å². The molecule has 4 nitrogen and oxygen atoms in total. The number of rotatable bonds is 1. The van der Waals surface area contributed by atoms with Gasteiger partial charge in [-0.25, -0.2) is 4.79 Å². The summed E-state index contributed by atoms with van der Waals surface area (Å²) in [6, 6.07) is 1.74. The molecule has 0 aromatic carbocycles. The second kappa shape index (κ2) is 3.06. The summed E-state index contributed by atoms with van der Waals surface area (Å²) in [5.74, 6) is 1.93. The standard InChI is InChI=1S/C8H10N2O2S/c1-5-2-7(11)9-8(12)10(5)6-3-13-4-6/h2,6H,3-4H2,1H3,(H,9,11,12). The fraction of sp³-hybridized carbons (Fsp3) is 0.500. The number of nitrogens with zero attached hydrogens (tertiary/aromatic N) is 1. The minimum absolute atomic E-state index is 0.273. The maximum atomic E-state index is 11.4. The van der Waals surface area contributed by atoms with Gasteiger partial charge in [-0.1, -0.05) is 0 Å². The van der Waals surface area contributed by atoms with E-state index in [0.717, 1.165) is 17.2 Å². The quantitative estimate of drug-likeness (QED) is 0.698. The lowest BCUT2D eigenvalue weighted by atomic mass is 10.3. The van der Waals surface area contributed by atoms with Crippen molar-refractivity contribution in [2.24, 2.45) is 0 Å². The third kappa shape index (κ3) is 1.44. The average Bonchev–Trinajstić information content (AvgIpc) is 1.92. The molecule has 0 radical (unpaired) electrons. The van der Waals surface area contributed by atoms with Crippen LogP contribution in [0.1, 0.15) is 11.7 Å². The highest BCUT2D eigenvalue weighted by molar-refractivity contribution is 8.00. The van der Waals surface area contributed by atoms with Gasteiger partial charge in [0.2, 0.25) is 0 Å². The van der Waals surface area contributed by atoms with Crippen LogP contribution < -0.4 is 11.2 Å². The molecule has 1 aliphatic heterocycles. The lowest BCUT2D eigenvalue weighted by Gasteiger charge is -2.28. The van der Waals surface area contributed by atoms with Crippen LogP contribution in [0.5, 0.6) is 0 Å². The Morgan fingerprint density at radius 3 is 2.69 bits per heavy atom. The number of hydrogen-bond donors (Lipinski definition) is 1. The van der Waals surface area contributed by atoms with Gasteiger partial charge in [-0.15, -0.1) is 0 Å². The van der Waals surface area contributed by atoms with Gasteiger partial charge in [-0.2, -0.15) is 11.8 Å². The van der Waals surface area contributed by atoms with Crippen LogP contribution >= 0.6 is 11.8 Å². The number of H-pyrrole nitrogens is 1. The molecule has 0 saturated carbocycles. The van der Waals surface area contributed by atoms with Gasteiger partial charge < -0.3 is 0 Å². The smallest absolute Gasteiger partial charge is 0.293 e. The molecule has 5 heteroatoms. The van der Waals surface area contributed by atoms with Crippen LogP contribution in [0.2, 0.25) is 0 Å². The molecule has 1 aromatic rings. The Kier molecular flexibility index (Phi) is 2.03. The summed E-state index contributed by atoms with van der Waals surface area (Å²) < 4.78 is 1.66. The molecule has 1 aliphatic rings. The van der Waals surface area contributed by atoms with Gasteiger partial charge in [0, 0.05) is 23.3 Å². The van der Waals surface area contributed by atoms with Crippen molar-refractivity contribution in [3.05, 3.63) is 32.6 Å². The Bertz CT molecular complexity index is 431. The largest absolute Gasteiger partial charge is 0.328 e. The first-order valence-electron chi connectivity index (χ1n) is 4.08. The molecule has 70 valence electrons. The van der Waals surface area contributed by atoms with Gasteiger partial charge in [0.05, 0.1) is 6.04 Å². The maximum absolute atomic E-state index is 11.4. The van der Waals surface area contributed by atoms with Gasteiger partial charge in [0.1, 0.15) is 0 Å². The fourth-order valence-corrected chi connectivity index (χ4v) is 2.19. The second-order valence-electron chi connectivity index (χ2n) is 3.14. The minimum atomic E-state index is -0.314. The maximum Gasteiger partial charge on any atom is 0.328 e. The Hall–Kier alpha value is -0.970. The van der Waals surface area contributed by atoms with Crippen molar-refractivity contribution in [3.8, 4) is 0 Å². The van der Waals surface area contributed by atoms with Gasteiger partial charge in [0.25, 0.3) is 5.56 Å². The van der Waals surface area contributed by atoms with E-state index >= 15 is 0 Å². The molecule has 1 aromatic heterocycles. The summed E-state index contributed by atoms with van der Waals surface area (Å²) in [6.07, 6.45) is 0. The van der Waals surface area contributed by atoms with E-state index in [9.17, 15) is 9.59 Å². The number of aryl methyl sites for hydroxylation is 1. The molecule has 0 unspecified atom stereocenters. The number of nitrogens with one attached hydrogen (secondary N) is 1. The monoisotopic (exact) mass is 198 g/mol. The van der Waals surface area contributed by atoms with Gasteiger partial charge in [-0.05, 0) is 6.92 Å². The molecular formula is C8H10N2O2S. The number of aromatic nitrogens is 2. The zero-order chi connectivity index (χ0) is 9.42. The molecule has 13 heavy (non-hydrogen) atoms. The first-order chi connectivity index (χ1) is 6.18. The summed E-state index contributed by atoms with van der Waals surface area (Å²) in [6.45, 7) is 1.79.